The molecule has 3 heterocycles. The zero-order valence-corrected chi connectivity index (χ0v) is 12.7. The fourth-order valence-electron chi connectivity index (χ4n) is 3.69. The molecule has 1 saturated carbocycles. The molecular weight excluding hydrogens is 262 g/mol. The average molecular weight is 287 g/mol. The first-order valence-electron chi connectivity index (χ1n) is 8.43. The second-order valence-electron chi connectivity index (χ2n) is 6.77. The van der Waals surface area contributed by atoms with Crippen molar-refractivity contribution in [2.45, 2.75) is 50.5 Å². The van der Waals surface area contributed by atoms with Crippen LogP contribution in [0.2, 0.25) is 0 Å². The second kappa shape index (κ2) is 5.44. The minimum atomic E-state index is 0.563. The van der Waals surface area contributed by atoms with Gasteiger partial charge in [-0.2, -0.15) is 0 Å². The zero-order valence-electron chi connectivity index (χ0n) is 12.7. The molecule has 1 atom stereocenters. The van der Waals surface area contributed by atoms with Gasteiger partial charge in [0.05, 0.1) is 0 Å². The van der Waals surface area contributed by atoms with Crippen LogP contribution in [0, 0.1) is 0 Å². The van der Waals surface area contributed by atoms with E-state index in [1.807, 2.05) is 6.07 Å². The van der Waals surface area contributed by atoms with Crippen molar-refractivity contribution in [2.24, 2.45) is 0 Å². The van der Waals surface area contributed by atoms with Gasteiger partial charge in [-0.05, 0) is 45.2 Å². The van der Waals surface area contributed by atoms with Crippen molar-refractivity contribution in [1.82, 2.24) is 14.9 Å². The molecule has 21 heavy (non-hydrogen) atoms. The molecule has 5 heteroatoms. The van der Waals surface area contributed by atoms with E-state index >= 15 is 0 Å². The molecule has 1 aliphatic carbocycles. The van der Waals surface area contributed by atoms with E-state index in [2.05, 4.69) is 14.8 Å². The van der Waals surface area contributed by atoms with E-state index in [1.165, 1.54) is 51.6 Å². The normalized spacial score (nSPS) is 27.2. The summed E-state index contributed by atoms with van der Waals surface area (Å²) in [6.07, 6.45) is 7.83. The molecule has 114 valence electrons. The van der Waals surface area contributed by atoms with Crippen molar-refractivity contribution >= 4 is 11.6 Å². The number of hydrogen-bond acceptors (Lipinski definition) is 5. The van der Waals surface area contributed by atoms with Crippen molar-refractivity contribution in [2.75, 3.05) is 36.8 Å². The van der Waals surface area contributed by atoms with Gasteiger partial charge in [-0.3, -0.25) is 4.90 Å². The predicted octanol–water partition coefficient (Wildman–Crippen LogP) is 2.00. The highest BCUT2D eigenvalue weighted by molar-refractivity contribution is 5.48. The minimum Gasteiger partial charge on any atom is -0.384 e. The minimum absolute atomic E-state index is 0.563. The van der Waals surface area contributed by atoms with Crippen LogP contribution in [-0.2, 0) is 0 Å². The van der Waals surface area contributed by atoms with Gasteiger partial charge in [0, 0.05) is 31.1 Å². The van der Waals surface area contributed by atoms with Gasteiger partial charge in [0.1, 0.15) is 17.5 Å². The molecule has 1 unspecified atom stereocenters. The molecular formula is C16H25N5. The molecule has 0 aromatic carbocycles. The van der Waals surface area contributed by atoms with Crippen LogP contribution in [0.4, 0.5) is 11.6 Å². The Labute approximate surface area is 126 Å². The summed E-state index contributed by atoms with van der Waals surface area (Å²) in [6.45, 7) is 4.75. The number of hydrogen-bond donors (Lipinski definition) is 1. The summed E-state index contributed by atoms with van der Waals surface area (Å²) in [5, 5.41) is 0. The summed E-state index contributed by atoms with van der Waals surface area (Å²) >= 11 is 0. The lowest BCUT2D eigenvalue weighted by Crippen LogP contribution is -2.41. The van der Waals surface area contributed by atoms with Crippen LogP contribution in [-0.4, -0.2) is 47.1 Å². The van der Waals surface area contributed by atoms with Crippen molar-refractivity contribution in [3.05, 3.63) is 11.9 Å². The summed E-state index contributed by atoms with van der Waals surface area (Å²) in [4.78, 5) is 14.3. The lowest BCUT2D eigenvalue weighted by Gasteiger charge is -2.32. The summed E-state index contributed by atoms with van der Waals surface area (Å²) in [5.41, 5.74) is 5.98. The van der Waals surface area contributed by atoms with Crippen molar-refractivity contribution < 1.29 is 0 Å². The molecule has 5 nitrogen and oxygen atoms in total. The summed E-state index contributed by atoms with van der Waals surface area (Å²) in [7, 11) is 0. The lowest BCUT2D eigenvalue weighted by molar-refractivity contribution is 0.175. The number of nitrogens with zero attached hydrogens (tertiary/aromatic N) is 4. The third kappa shape index (κ3) is 2.84. The Hall–Kier alpha value is -1.36. The highest BCUT2D eigenvalue weighted by Gasteiger charge is 2.31. The van der Waals surface area contributed by atoms with E-state index in [0.29, 0.717) is 17.8 Å². The molecule has 0 radical (unpaired) electrons. The first kappa shape index (κ1) is 13.3. The molecule has 3 aliphatic rings. The molecule has 1 aromatic heterocycles. The van der Waals surface area contributed by atoms with E-state index in [-0.39, 0.29) is 0 Å². The van der Waals surface area contributed by atoms with Crippen LogP contribution in [0.25, 0.3) is 0 Å². The molecule has 4 rings (SSSR count). The maximum absolute atomic E-state index is 5.98. The Kier molecular flexibility index (Phi) is 3.45. The molecule has 2 aliphatic heterocycles. The Morgan fingerprint density at radius 2 is 1.81 bits per heavy atom. The van der Waals surface area contributed by atoms with Gasteiger partial charge in [-0.1, -0.05) is 6.42 Å². The number of piperidine rings is 1. The van der Waals surface area contributed by atoms with Crippen molar-refractivity contribution in [3.8, 4) is 0 Å². The topological polar surface area (TPSA) is 58.3 Å². The van der Waals surface area contributed by atoms with Crippen LogP contribution in [0.3, 0.4) is 0 Å². The second-order valence-corrected chi connectivity index (χ2v) is 6.77. The predicted molar refractivity (Wildman–Crippen MR) is 84.5 cm³/mol. The van der Waals surface area contributed by atoms with Crippen molar-refractivity contribution in [3.63, 3.8) is 0 Å². The molecule has 1 aromatic rings. The largest absolute Gasteiger partial charge is 0.384 e. The van der Waals surface area contributed by atoms with E-state index < -0.39 is 0 Å². The smallest absolute Gasteiger partial charge is 0.136 e. The highest BCUT2D eigenvalue weighted by atomic mass is 15.3. The number of aromatic nitrogens is 2. The van der Waals surface area contributed by atoms with Crippen LogP contribution < -0.4 is 10.6 Å². The van der Waals surface area contributed by atoms with Crippen LogP contribution >= 0.6 is 0 Å². The van der Waals surface area contributed by atoms with Gasteiger partial charge in [0.2, 0.25) is 0 Å². The Morgan fingerprint density at radius 3 is 2.57 bits per heavy atom. The average Bonchev–Trinajstić information content (AvgIpc) is 3.24. The van der Waals surface area contributed by atoms with Crippen LogP contribution in [0.5, 0.6) is 0 Å². The lowest BCUT2D eigenvalue weighted by atomic mass is 10.1. The molecule has 0 spiro atoms. The van der Waals surface area contributed by atoms with Crippen molar-refractivity contribution in [1.29, 1.82) is 0 Å². The number of anilines is 2. The summed E-state index contributed by atoms with van der Waals surface area (Å²) < 4.78 is 0. The summed E-state index contributed by atoms with van der Waals surface area (Å²) in [5.74, 6) is 3.20. The van der Waals surface area contributed by atoms with Gasteiger partial charge in [-0.25, -0.2) is 9.97 Å². The molecule has 2 N–H and O–H groups in total. The Balaban J connectivity index is 1.47. The fraction of sp³-hybridized carbons (Fsp3) is 0.750. The Bertz CT molecular complexity index is 507. The van der Waals surface area contributed by atoms with Gasteiger partial charge >= 0.3 is 0 Å². The first-order valence-corrected chi connectivity index (χ1v) is 8.43. The monoisotopic (exact) mass is 287 g/mol. The number of nitrogen functional groups attached to an aromatic ring is 1. The van der Waals surface area contributed by atoms with E-state index in [9.17, 15) is 0 Å². The SMILES string of the molecule is Nc1cc(N2CCC(N3CCCCC3)C2)nc(C2CC2)n1. The number of nitrogens with two attached hydrogens (primary N) is 1. The van der Waals surface area contributed by atoms with E-state index in [1.54, 1.807) is 0 Å². The number of likely N-dealkylation sites (tertiary alicyclic amines) is 1. The quantitative estimate of drug-likeness (QED) is 0.921. The fourth-order valence-corrected chi connectivity index (χ4v) is 3.69. The molecule has 2 saturated heterocycles. The molecule has 0 bridgehead atoms. The highest BCUT2D eigenvalue weighted by Crippen LogP contribution is 2.39. The maximum atomic E-state index is 5.98. The third-order valence-electron chi connectivity index (χ3n) is 5.09. The van der Waals surface area contributed by atoms with Gasteiger partial charge < -0.3 is 10.6 Å². The van der Waals surface area contributed by atoms with Crippen LogP contribution in [0.15, 0.2) is 6.07 Å². The molecule has 3 fully saturated rings. The number of rotatable bonds is 3. The first-order chi connectivity index (χ1) is 10.3. The van der Waals surface area contributed by atoms with Gasteiger partial charge in [0.15, 0.2) is 0 Å². The van der Waals surface area contributed by atoms with E-state index in [4.69, 9.17) is 10.7 Å². The van der Waals surface area contributed by atoms with Crippen LogP contribution in [0.1, 0.15) is 50.3 Å². The summed E-state index contributed by atoms with van der Waals surface area (Å²) in [6, 6.07) is 2.65. The Morgan fingerprint density at radius 1 is 1.00 bits per heavy atom. The van der Waals surface area contributed by atoms with E-state index in [0.717, 1.165) is 24.7 Å². The third-order valence-corrected chi connectivity index (χ3v) is 5.09. The zero-order chi connectivity index (χ0) is 14.2. The molecule has 0 amide bonds. The standard InChI is InChI=1S/C16H25N5/c17-14-10-15(19-16(18-14)12-4-5-12)21-9-6-13(11-21)20-7-2-1-3-8-20/h10,12-13H,1-9,11H2,(H2,17,18,19). The maximum Gasteiger partial charge on any atom is 0.136 e. The van der Waals surface area contributed by atoms with Gasteiger partial charge in [-0.15, -0.1) is 0 Å². The van der Waals surface area contributed by atoms with Gasteiger partial charge in [0.25, 0.3) is 0 Å².